The van der Waals surface area contributed by atoms with Gasteiger partial charge in [-0.3, -0.25) is 14.6 Å². The molecule has 196 valence electrons. The second-order valence-corrected chi connectivity index (χ2v) is 8.74. The van der Waals surface area contributed by atoms with E-state index in [1.165, 1.54) is 18.3 Å². The van der Waals surface area contributed by atoms with Crippen molar-refractivity contribution in [3.8, 4) is 17.0 Å². The molecule has 0 aliphatic heterocycles. The normalized spacial score (nSPS) is 12.2. The van der Waals surface area contributed by atoms with Crippen LogP contribution in [0, 0.1) is 5.92 Å². The highest BCUT2D eigenvalue weighted by Gasteiger charge is 2.30. The van der Waals surface area contributed by atoms with Gasteiger partial charge >= 0.3 is 12.1 Å². The zero-order valence-electron chi connectivity index (χ0n) is 20.4. The van der Waals surface area contributed by atoms with Gasteiger partial charge in [0.05, 0.1) is 29.9 Å². The number of nitrogens with one attached hydrogen (secondary N) is 2. The summed E-state index contributed by atoms with van der Waals surface area (Å²) in [5, 5.41) is 14.6. The summed E-state index contributed by atoms with van der Waals surface area (Å²) in [7, 11) is 0. The van der Waals surface area contributed by atoms with Crippen molar-refractivity contribution in [2.45, 2.75) is 32.5 Å². The molecule has 0 saturated heterocycles. The van der Waals surface area contributed by atoms with Crippen LogP contribution in [-0.2, 0) is 11.0 Å². The van der Waals surface area contributed by atoms with Gasteiger partial charge < -0.3 is 20.5 Å². The smallest absolute Gasteiger partial charge is 0.416 e. The number of anilines is 1. The lowest BCUT2D eigenvalue weighted by Crippen LogP contribution is -2.32. The van der Waals surface area contributed by atoms with E-state index in [-0.39, 0.29) is 30.8 Å². The molecule has 0 radical (unpaired) electrons. The van der Waals surface area contributed by atoms with E-state index in [9.17, 15) is 22.8 Å². The number of ether oxygens (including phenoxy) is 1. The monoisotopic (exact) mass is 515 g/mol. The van der Waals surface area contributed by atoms with Gasteiger partial charge in [0.1, 0.15) is 12.4 Å². The predicted octanol–water partition coefficient (Wildman–Crippen LogP) is 5.49. The summed E-state index contributed by atoms with van der Waals surface area (Å²) in [5.74, 6) is -0.591. The number of halogens is 3. The number of nitrogens with zero attached hydrogens (tertiary/aromatic N) is 1. The van der Waals surface area contributed by atoms with E-state index in [0.717, 1.165) is 17.8 Å². The summed E-state index contributed by atoms with van der Waals surface area (Å²) >= 11 is 0. The second-order valence-electron chi connectivity index (χ2n) is 8.74. The number of aromatic nitrogens is 1. The molecule has 0 saturated carbocycles. The second kappa shape index (κ2) is 12.2. The SMILES string of the molecule is CC(C)C(COc1ccc(-c2ccc(C(F)(F)F)cc2)nc1)Nc1ccc(C(=O)NCCC(=O)O)cc1. The number of hydrogen-bond donors (Lipinski definition) is 3. The highest BCUT2D eigenvalue weighted by atomic mass is 19.4. The molecule has 0 spiro atoms. The Morgan fingerprint density at radius 1 is 1.00 bits per heavy atom. The number of carbonyl (C=O) groups excluding carboxylic acids is 1. The maximum atomic E-state index is 12.8. The Morgan fingerprint density at radius 2 is 1.68 bits per heavy atom. The quantitative estimate of drug-likeness (QED) is 0.312. The number of benzene rings is 2. The number of amides is 1. The minimum atomic E-state index is -4.38. The fourth-order valence-corrected chi connectivity index (χ4v) is 3.37. The summed E-state index contributed by atoms with van der Waals surface area (Å²) in [6, 6.07) is 15.0. The summed E-state index contributed by atoms with van der Waals surface area (Å²) in [4.78, 5) is 27.0. The van der Waals surface area contributed by atoms with Gasteiger partial charge in [-0.15, -0.1) is 0 Å². The first-order chi connectivity index (χ1) is 17.5. The van der Waals surface area contributed by atoms with E-state index in [1.54, 1.807) is 36.4 Å². The van der Waals surface area contributed by atoms with Crippen molar-refractivity contribution in [2.24, 2.45) is 5.92 Å². The van der Waals surface area contributed by atoms with Crippen LogP contribution in [0.4, 0.5) is 18.9 Å². The van der Waals surface area contributed by atoms with Crippen LogP contribution in [0.5, 0.6) is 5.75 Å². The van der Waals surface area contributed by atoms with E-state index in [1.807, 2.05) is 13.8 Å². The number of carboxylic acid groups (broad SMARTS) is 1. The Morgan fingerprint density at radius 3 is 2.22 bits per heavy atom. The molecule has 0 fully saturated rings. The summed E-state index contributed by atoms with van der Waals surface area (Å²) < 4.78 is 44.2. The van der Waals surface area contributed by atoms with Crippen LogP contribution in [0.2, 0.25) is 0 Å². The fourth-order valence-electron chi connectivity index (χ4n) is 3.37. The first-order valence-corrected chi connectivity index (χ1v) is 11.7. The van der Waals surface area contributed by atoms with Gasteiger partial charge in [0.25, 0.3) is 5.91 Å². The van der Waals surface area contributed by atoms with Crippen molar-refractivity contribution in [1.82, 2.24) is 10.3 Å². The lowest BCUT2D eigenvalue weighted by molar-refractivity contribution is -0.138. The lowest BCUT2D eigenvalue weighted by atomic mass is 10.0. The van der Waals surface area contributed by atoms with E-state index in [0.29, 0.717) is 29.2 Å². The van der Waals surface area contributed by atoms with Gasteiger partial charge in [0.15, 0.2) is 0 Å². The van der Waals surface area contributed by atoms with Crippen molar-refractivity contribution >= 4 is 17.6 Å². The molecule has 0 aliphatic carbocycles. The molecule has 10 heteroatoms. The van der Waals surface area contributed by atoms with Gasteiger partial charge in [0.2, 0.25) is 0 Å². The standard InChI is InChI=1S/C27H28F3N3O4/c1-17(2)24(33-21-9-5-19(6-10-21)26(36)31-14-13-25(34)35)16-37-22-11-12-23(32-15-22)18-3-7-20(8-4-18)27(28,29)30/h3-12,15,17,24,33H,13-14,16H2,1-2H3,(H,31,36)(H,34,35). The molecule has 3 aromatic rings. The maximum absolute atomic E-state index is 12.8. The average Bonchev–Trinajstić information content (AvgIpc) is 2.86. The number of aliphatic carboxylic acids is 1. The van der Waals surface area contributed by atoms with Crippen molar-refractivity contribution in [3.05, 3.63) is 78.0 Å². The van der Waals surface area contributed by atoms with Crippen LogP contribution in [0.1, 0.15) is 36.2 Å². The maximum Gasteiger partial charge on any atom is 0.416 e. The molecule has 0 bridgehead atoms. The lowest BCUT2D eigenvalue weighted by Gasteiger charge is -2.24. The van der Waals surface area contributed by atoms with Crippen LogP contribution >= 0.6 is 0 Å². The Kier molecular flexibility index (Phi) is 9.10. The number of hydrogen-bond acceptors (Lipinski definition) is 5. The molecular weight excluding hydrogens is 487 g/mol. The van der Waals surface area contributed by atoms with Gasteiger partial charge in [-0.2, -0.15) is 13.2 Å². The molecule has 0 aliphatic rings. The molecule has 1 amide bonds. The van der Waals surface area contributed by atoms with E-state index < -0.39 is 17.7 Å². The summed E-state index contributed by atoms with van der Waals surface area (Å²) in [5.41, 5.74) is 1.61. The van der Waals surface area contributed by atoms with Gasteiger partial charge in [-0.05, 0) is 54.4 Å². The zero-order valence-corrected chi connectivity index (χ0v) is 20.4. The Balaban J connectivity index is 1.55. The topological polar surface area (TPSA) is 101 Å². The molecule has 1 unspecified atom stereocenters. The number of rotatable bonds is 11. The van der Waals surface area contributed by atoms with Crippen molar-refractivity contribution in [2.75, 3.05) is 18.5 Å². The molecule has 2 aromatic carbocycles. The fraction of sp³-hybridized carbons (Fsp3) is 0.296. The predicted molar refractivity (Wildman–Crippen MR) is 133 cm³/mol. The Labute approximate surface area is 212 Å². The van der Waals surface area contributed by atoms with Crippen LogP contribution < -0.4 is 15.4 Å². The number of pyridine rings is 1. The number of carbonyl (C=O) groups is 2. The van der Waals surface area contributed by atoms with E-state index >= 15 is 0 Å². The highest BCUT2D eigenvalue weighted by Crippen LogP contribution is 2.30. The van der Waals surface area contributed by atoms with Crippen LogP contribution in [0.15, 0.2) is 66.9 Å². The van der Waals surface area contributed by atoms with Gasteiger partial charge in [-0.1, -0.05) is 26.0 Å². The van der Waals surface area contributed by atoms with Gasteiger partial charge in [-0.25, -0.2) is 0 Å². The third-order valence-electron chi connectivity index (χ3n) is 5.60. The molecular formula is C27H28F3N3O4. The van der Waals surface area contributed by atoms with Gasteiger partial charge in [0, 0.05) is 23.4 Å². The van der Waals surface area contributed by atoms with Crippen molar-refractivity contribution in [3.63, 3.8) is 0 Å². The number of alkyl halides is 3. The molecule has 7 nitrogen and oxygen atoms in total. The third-order valence-corrected chi connectivity index (χ3v) is 5.60. The van der Waals surface area contributed by atoms with E-state index in [4.69, 9.17) is 9.84 Å². The Bertz CT molecular complexity index is 1180. The molecule has 1 aromatic heterocycles. The average molecular weight is 516 g/mol. The van der Waals surface area contributed by atoms with Crippen molar-refractivity contribution in [1.29, 1.82) is 0 Å². The zero-order chi connectivity index (χ0) is 27.0. The van der Waals surface area contributed by atoms with Crippen LogP contribution in [0.25, 0.3) is 11.3 Å². The highest BCUT2D eigenvalue weighted by molar-refractivity contribution is 5.94. The molecule has 1 atom stereocenters. The number of carboxylic acids is 1. The summed E-state index contributed by atoms with van der Waals surface area (Å²) in [6.45, 7) is 4.46. The summed E-state index contributed by atoms with van der Waals surface area (Å²) in [6.07, 6.45) is -3.00. The van der Waals surface area contributed by atoms with Crippen molar-refractivity contribution < 1.29 is 32.6 Å². The minimum absolute atomic E-state index is 0.0567. The van der Waals surface area contributed by atoms with E-state index in [2.05, 4.69) is 15.6 Å². The molecule has 3 N–H and O–H groups in total. The molecule has 37 heavy (non-hydrogen) atoms. The minimum Gasteiger partial charge on any atom is -0.490 e. The van der Waals surface area contributed by atoms with Crippen LogP contribution in [-0.4, -0.2) is 41.2 Å². The Hall–Kier alpha value is -4.08. The largest absolute Gasteiger partial charge is 0.490 e. The molecule has 1 heterocycles. The third kappa shape index (κ3) is 8.23. The first-order valence-electron chi connectivity index (χ1n) is 11.7. The van der Waals surface area contributed by atoms with Crippen LogP contribution in [0.3, 0.4) is 0 Å². The first kappa shape index (κ1) is 27.5. The molecule has 3 rings (SSSR count).